The van der Waals surface area contributed by atoms with Gasteiger partial charge in [0, 0.05) is 10.2 Å². The van der Waals surface area contributed by atoms with Gasteiger partial charge in [-0.2, -0.15) is 4.68 Å². The van der Waals surface area contributed by atoms with Crippen molar-refractivity contribution in [3.05, 3.63) is 62.8 Å². The number of nitrogens with one attached hydrogen (secondary N) is 1. The van der Waals surface area contributed by atoms with Crippen molar-refractivity contribution in [2.75, 3.05) is 5.32 Å². The summed E-state index contributed by atoms with van der Waals surface area (Å²) in [6.45, 7) is 3.76. The van der Waals surface area contributed by atoms with Gasteiger partial charge in [0.1, 0.15) is 0 Å². The van der Waals surface area contributed by atoms with Gasteiger partial charge in [-0.1, -0.05) is 33.6 Å². The van der Waals surface area contributed by atoms with E-state index >= 15 is 0 Å². The predicted molar refractivity (Wildman–Crippen MR) is 95.7 cm³/mol. The number of halogens is 2. The SMILES string of the molecule is Cc1ccc(NC(=O)c2ccc(Br)cc2Cl)cc1-n1nnnc1C. The quantitative estimate of drug-likeness (QED) is 0.715. The van der Waals surface area contributed by atoms with E-state index in [-0.39, 0.29) is 5.91 Å². The predicted octanol–water partition coefficient (Wildman–Crippen LogP) is 3.95. The van der Waals surface area contributed by atoms with Crippen molar-refractivity contribution >= 4 is 39.1 Å². The highest BCUT2D eigenvalue weighted by molar-refractivity contribution is 9.10. The summed E-state index contributed by atoms with van der Waals surface area (Å²) in [6, 6.07) is 10.7. The summed E-state index contributed by atoms with van der Waals surface area (Å²) >= 11 is 9.45. The zero-order chi connectivity index (χ0) is 17.3. The fraction of sp³-hybridized carbons (Fsp3) is 0.125. The summed E-state index contributed by atoms with van der Waals surface area (Å²) in [6.07, 6.45) is 0. The molecule has 2 aromatic carbocycles. The van der Waals surface area contributed by atoms with Gasteiger partial charge in [-0.05, 0) is 60.2 Å². The van der Waals surface area contributed by atoms with Gasteiger partial charge < -0.3 is 5.32 Å². The third kappa shape index (κ3) is 3.32. The maximum Gasteiger partial charge on any atom is 0.257 e. The number of tetrazole rings is 1. The maximum absolute atomic E-state index is 12.4. The Morgan fingerprint density at radius 3 is 2.67 bits per heavy atom. The lowest BCUT2D eigenvalue weighted by Gasteiger charge is -2.11. The number of hydrogen-bond donors (Lipinski definition) is 1. The number of anilines is 1. The smallest absolute Gasteiger partial charge is 0.257 e. The molecule has 0 aliphatic carbocycles. The van der Waals surface area contributed by atoms with E-state index in [1.165, 1.54) is 0 Å². The fourth-order valence-electron chi connectivity index (χ4n) is 2.24. The molecule has 0 aliphatic heterocycles. The Labute approximate surface area is 152 Å². The lowest BCUT2D eigenvalue weighted by molar-refractivity contribution is 0.102. The molecule has 6 nitrogen and oxygen atoms in total. The van der Waals surface area contributed by atoms with E-state index < -0.39 is 0 Å². The third-order valence-corrected chi connectivity index (χ3v) is 4.30. The number of amides is 1. The van der Waals surface area contributed by atoms with Crippen molar-refractivity contribution in [3.63, 3.8) is 0 Å². The first-order valence-electron chi connectivity index (χ1n) is 7.08. The highest BCUT2D eigenvalue weighted by Crippen LogP contribution is 2.24. The molecule has 24 heavy (non-hydrogen) atoms. The van der Waals surface area contributed by atoms with Crippen LogP contribution in [0.5, 0.6) is 0 Å². The highest BCUT2D eigenvalue weighted by atomic mass is 79.9. The van der Waals surface area contributed by atoms with Gasteiger partial charge >= 0.3 is 0 Å². The van der Waals surface area contributed by atoms with Crippen LogP contribution in [0.3, 0.4) is 0 Å². The van der Waals surface area contributed by atoms with Crippen LogP contribution in [0.2, 0.25) is 5.02 Å². The van der Waals surface area contributed by atoms with Gasteiger partial charge in [0.2, 0.25) is 0 Å². The van der Waals surface area contributed by atoms with Gasteiger partial charge in [-0.15, -0.1) is 5.10 Å². The average molecular weight is 407 g/mol. The number of rotatable bonds is 3. The number of aromatic nitrogens is 4. The summed E-state index contributed by atoms with van der Waals surface area (Å²) in [4.78, 5) is 12.4. The van der Waals surface area contributed by atoms with Crippen LogP contribution in [-0.2, 0) is 0 Å². The standard InChI is InChI=1S/C16H13BrClN5O/c1-9-3-5-12(8-15(9)23-10(2)20-21-22-23)19-16(24)13-6-4-11(17)7-14(13)18/h3-8H,1-2H3,(H,19,24). The molecule has 1 N–H and O–H groups in total. The molecule has 0 aliphatic rings. The van der Waals surface area contributed by atoms with Crippen LogP contribution < -0.4 is 5.32 Å². The Hall–Kier alpha value is -2.25. The molecule has 8 heteroatoms. The van der Waals surface area contributed by atoms with Gasteiger partial charge in [-0.3, -0.25) is 4.79 Å². The molecule has 1 amide bonds. The summed E-state index contributed by atoms with van der Waals surface area (Å²) in [5.74, 6) is 0.383. The van der Waals surface area contributed by atoms with E-state index in [1.54, 1.807) is 22.9 Å². The van der Waals surface area contributed by atoms with Crippen LogP contribution >= 0.6 is 27.5 Å². The molecule has 0 atom stereocenters. The minimum absolute atomic E-state index is 0.282. The van der Waals surface area contributed by atoms with Gasteiger partial charge in [-0.25, -0.2) is 0 Å². The molecule has 1 heterocycles. The Morgan fingerprint density at radius 2 is 2.00 bits per heavy atom. The third-order valence-electron chi connectivity index (χ3n) is 3.50. The minimum Gasteiger partial charge on any atom is -0.322 e. The Bertz CT molecular complexity index is 925. The fourth-order valence-corrected chi connectivity index (χ4v) is 3.00. The second-order valence-corrected chi connectivity index (χ2v) is 6.54. The Kier molecular flexibility index (Phi) is 4.64. The van der Waals surface area contributed by atoms with Crippen molar-refractivity contribution in [2.45, 2.75) is 13.8 Å². The molecular weight excluding hydrogens is 394 g/mol. The van der Waals surface area contributed by atoms with E-state index in [9.17, 15) is 4.79 Å². The Morgan fingerprint density at radius 1 is 1.21 bits per heavy atom. The van der Waals surface area contributed by atoms with Gasteiger partial charge in [0.15, 0.2) is 5.82 Å². The van der Waals surface area contributed by atoms with E-state index in [1.807, 2.05) is 32.0 Å². The van der Waals surface area contributed by atoms with E-state index in [2.05, 4.69) is 36.8 Å². The monoisotopic (exact) mass is 405 g/mol. The van der Waals surface area contributed by atoms with Crippen molar-refractivity contribution in [1.29, 1.82) is 0 Å². The second-order valence-electron chi connectivity index (χ2n) is 5.22. The normalized spacial score (nSPS) is 10.7. The summed E-state index contributed by atoms with van der Waals surface area (Å²) in [5, 5.41) is 14.7. The zero-order valence-corrected chi connectivity index (χ0v) is 15.3. The first-order valence-corrected chi connectivity index (χ1v) is 8.25. The van der Waals surface area contributed by atoms with Crippen molar-refractivity contribution in [3.8, 4) is 5.69 Å². The molecule has 0 saturated heterocycles. The second kappa shape index (κ2) is 6.70. The molecular formula is C16H13BrClN5O. The number of nitrogens with zero attached hydrogens (tertiary/aromatic N) is 4. The highest BCUT2D eigenvalue weighted by Gasteiger charge is 2.13. The molecule has 3 rings (SSSR count). The molecule has 122 valence electrons. The van der Waals surface area contributed by atoms with Crippen molar-refractivity contribution in [2.24, 2.45) is 0 Å². The van der Waals surface area contributed by atoms with E-state index in [0.717, 1.165) is 15.7 Å². The lowest BCUT2D eigenvalue weighted by Crippen LogP contribution is -2.13. The molecule has 0 fully saturated rings. The molecule has 0 saturated carbocycles. The van der Waals surface area contributed by atoms with Crippen molar-refractivity contribution in [1.82, 2.24) is 20.2 Å². The summed E-state index contributed by atoms with van der Waals surface area (Å²) in [7, 11) is 0. The number of carbonyl (C=O) groups is 1. The maximum atomic E-state index is 12.4. The largest absolute Gasteiger partial charge is 0.322 e. The van der Waals surface area contributed by atoms with Gasteiger partial charge in [0.25, 0.3) is 5.91 Å². The van der Waals surface area contributed by atoms with Crippen LogP contribution in [0.15, 0.2) is 40.9 Å². The number of hydrogen-bond acceptors (Lipinski definition) is 4. The topological polar surface area (TPSA) is 72.7 Å². The molecule has 0 bridgehead atoms. The number of aryl methyl sites for hydroxylation is 2. The lowest BCUT2D eigenvalue weighted by atomic mass is 10.1. The number of carbonyl (C=O) groups excluding carboxylic acids is 1. The van der Waals surface area contributed by atoms with Crippen molar-refractivity contribution < 1.29 is 4.79 Å². The summed E-state index contributed by atoms with van der Waals surface area (Å²) < 4.78 is 2.44. The molecule has 0 unspecified atom stereocenters. The molecule has 1 aromatic heterocycles. The molecule has 3 aromatic rings. The van der Waals surface area contributed by atoms with E-state index in [0.29, 0.717) is 22.1 Å². The Balaban J connectivity index is 1.91. The van der Waals surface area contributed by atoms with Crippen LogP contribution in [0.25, 0.3) is 5.69 Å². The zero-order valence-electron chi connectivity index (χ0n) is 12.9. The van der Waals surface area contributed by atoms with Crippen LogP contribution in [0.1, 0.15) is 21.7 Å². The van der Waals surface area contributed by atoms with Gasteiger partial charge in [0.05, 0.1) is 16.3 Å². The van der Waals surface area contributed by atoms with Crippen LogP contribution in [0.4, 0.5) is 5.69 Å². The number of benzene rings is 2. The first kappa shape index (κ1) is 16.6. The first-order chi connectivity index (χ1) is 11.5. The molecule has 0 spiro atoms. The summed E-state index contributed by atoms with van der Waals surface area (Å²) in [5.41, 5.74) is 2.83. The van der Waals surface area contributed by atoms with E-state index in [4.69, 9.17) is 11.6 Å². The average Bonchev–Trinajstić information content (AvgIpc) is 2.95. The molecule has 0 radical (unpaired) electrons. The minimum atomic E-state index is -0.282. The van der Waals surface area contributed by atoms with Crippen LogP contribution in [0, 0.1) is 13.8 Å². The van der Waals surface area contributed by atoms with Crippen LogP contribution in [-0.4, -0.2) is 26.1 Å².